The van der Waals surface area contributed by atoms with Gasteiger partial charge in [-0.25, -0.2) is 0 Å². The third-order valence-electron chi connectivity index (χ3n) is 3.68. The summed E-state index contributed by atoms with van der Waals surface area (Å²) in [7, 11) is 0. The Bertz CT molecular complexity index is 749. The summed E-state index contributed by atoms with van der Waals surface area (Å²) in [6.07, 6.45) is 2.10. The van der Waals surface area contributed by atoms with Crippen molar-refractivity contribution in [2.24, 2.45) is 0 Å². The molecule has 0 atom stereocenters. The molecule has 138 valence electrons. The van der Waals surface area contributed by atoms with Crippen molar-refractivity contribution in [1.29, 1.82) is 0 Å². The van der Waals surface area contributed by atoms with Gasteiger partial charge in [-0.2, -0.15) is 0 Å². The molecule has 0 unspecified atom stereocenters. The molecule has 6 heteroatoms. The number of benzene rings is 2. The number of hydrogen-bond donors (Lipinski definition) is 2. The van der Waals surface area contributed by atoms with Crippen LogP contribution < -0.4 is 15.4 Å². The predicted molar refractivity (Wildman–Crippen MR) is 110 cm³/mol. The summed E-state index contributed by atoms with van der Waals surface area (Å²) in [5.41, 5.74) is 1.52. The molecule has 0 aliphatic carbocycles. The van der Waals surface area contributed by atoms with E-state index in [4.69, 9.17) is 4.74 Å². The van der Waals surface area contributed by atoms with E-state index in [1.165, 1.54) is 0 Å². The molecule has 0 heterocycles. The van der Waals surface area contributed by atoms with Gasteiger partial charge in [-0.1, -0.05) is 37.6 Å². The van der Waals surface area contributed by atoms with Crippen LogP contribution in [0.2, 0.25) is 0 Å². The Kier molecular flexibility index (Phi) is 8.40. The molecule has 0 saturated heterocycles. The van der Waals surface area contributed by atoms with Crippen LogP contribution in [0.1, 0.15) is 35.7 Å². The van der Waals surface area contributed by atoms with Crippen molar-refractivity contribution in [2.75, 3.05) is 13.2 Å². The van der Waals surface area contributed by atoms with Gasteiger partial charge in [-0.3, -0.25) is 9.59 Å². The Morgan fingerprint density at radius 1 is 1.08 bits per heavy atom. The average Bonchev–Trinajstić information content (AvgIpc) is 2.65. The number of unbranched alkanes of at least 4 members (excludes halogenated alkanes) is 1. The smallest absolute Gasteiger partial charge is 0.252 e. The minimum Gasteiger partial charge on any atom is -0.494 e. The molecule has 0 aliphatic rings. The highest BCUT2D eigenvalue weighted by molar-refractivity contribution is 14.1. The van der Waals surface area contributed by atoms with E-state index in [0.29, 0.717) is 18.7 Å². The lowest BCUT2D eigenvalue weighted by Gasteiger charge is -2.10. The monoisotopic (exact) mass is 466 g/mol. The largest absolute Gasteiger partial charge is 0.494 e. The topological polar surface area (TPSA) is 67.4 Å². The second kappa shape index (κ2) is 10.8. The van der Waals surface area contributed by atoms with Crippen molar-refractivity contribution in [3.63, 3.8) is 0 Å². The standard InChI is InChI=1S/C20H23IN2O3/c1-2-3-11-26-16-8-6-7-15(12-16)13-22-19(24)14-23-20(25)17-9-4-5-10-18(17)21/h4-10,12H,2-3,11,13-14H2,1H3,(H,22,24)(H,23,25). The highest BCUT2D eigenvalue weighted by Gasteiger charge is 2.10. The summed E-state index contributed by atoms with van der Waals surface area (Å²) in [6, 6.07) is 14.9. The van der Waals surface area contributed by atoms with Gasteiger partial charge < -0.3 is 15.4 Å². The maximum Gasteiger partial charge on any atom is 0.252 e. The van der Waals surface area contributed by atoms with Gasteiger partial charge in [-0.05, 0) is 58.8 Å². The van der Waals surface area contributed by atoms with Crippen LogP contribution in [0.5, 0.6) is 5.75 Å². The van der Waals surface area contributed by atoms with Crippen LogP contribution in [0.25, 0.3) is 0 Å². The van der Waals surface area contributed by atoms with Crippen LogP contribution in [0.3, 0.4) is 0 Å². The van der Waals surface area contributed by atoms with E-state index in [0.717, 1.165) is 27.7 Å². The van der Waals surface area contributed by atoms with Crippen LogP contribution in [0.4, 0.5) is 0 Å². The van der Waals surface area contributed by atoms with Crippen molar-refractivity contribution in [3.05, 3.63) is 63.2 Å². The molecule has 2 aromatic rings. The SMILES string of the molecule is CCCCOc1cccc(CNC(=O)CNC(=O)c2ccccc2I)c1. The first-order valence-electron chi connectivity index (χ1n) is 8.61. The third kappa shape index (κ3) is 6.67. The van der Waals surface area contributed by atoms with E-state index < -0.39 is 0 Å². The summed E-state index contributed by atoms with van der Waals surface area (Å²) in [5, 5.41) is 5.44. The van der Waals surface area contributed by atoms with E-state index in [1.54, 1.807) is 12.1 Å². The molecule has 5 nitrogen and oxygen atoms in total. The molecule has 0 saturated carbocycles. The van der Waals surface area contributed by atoms with Crippen LogP contribution in [0.15, 0.2) is 48.5 Å². The van der Waals surface area contributed by atoms with Gasteiger partial charge in [0.15, 0.2) is 0 Å². The fraction of sp³-hybridized carbons (Fsp3) is 0.300. The number of ether oxygens (including phenoxy) is 1. The van der Waals surface area contributed by atoms with E-state index in [2.05, 4.69) is 40.1 Å². The van der Waals surface area contributed by atoms with Crippen molar-refractivity contribution < 1.29 is 14.3 Å². The number of amides is 2. The fourth-order valence-electron chi connectivity index (χ4n) is 2.24. The lowest BCUT2D eigenvalue weighted by Crippen LogP contribution is -2.36. The molecular formula is C20H23IN2O3. The molecule has 0 bridgehead atoms. The number of halogens is 1. The average molecular weight is 466 g/mol. The Balaban J connectivity index is 1.77. The van der Waals surface area contributed by atoms with Gasteiger partial charge in [-0.15, -0.1) is 0 Å². The molecule has 0 aromatic heterocycles. The summed E-state index contributed by atoms with van der Waals surface area (Å²) in [6.45, 7) is 3.14. The molecule has 2 aromatic carbocycles. The summed E-state index contributed by atoms with van der Waals surface area (Å²) in [5.74, 6) is 0.315. The third-order valence-corrected chi connectivity index (χ3v) is 4.62. The zero-order valence-electron chi connectivity index (χ0n) is 14.8. The maximum absolute atomic E-state index is 12.1. The van der Waals surface area contributed by atoms with E-state index in [9.17, 15) is 9.59 Å². The van der Waals surface area contributed by atoms with Crippen LogP contribution in [-0.2, 0) is 11.3 Å². The Morgan fingerprint density at radius 2 is 1.88 bits per heavy atom. The van der Waals surface area contributed by atoms with Gasteiger partial charge in [0.1, 0.15) is 5.75 Å². The first-order valence-corrected chi connectivity index (χ1v) is 9.69. The molecule has 2 N–H and O–H groups in total. The summed E-state index contributed by atoms with van der Waals surface area (Å²) >= 11 is 2.10. The maximum atomic E-state index is 12.1. The van der Waals surface area contributed by atoms with Crippen LogP contribution in [0, 0.1) is 3.57 Å². The molecule has 2 amide bonds. The molecule has 0 fully saturated rings. The van der Waals surface area contributed by atoms with E-state index in [1.807, 2.05) is 36.4 Å². The Labute approximate surface area is 167 Å². The Hall–Kier alpha value is -2.09. The summed E-state index contributed by atoms with van der Waals surface area (Å²) < 4.78 is 6.51. The second-order valence-electron chi connectivity index (χ2n) is 5.79. The first-order chi connectivity index (χ1) is 12.6. The quantitative estimate of drug-likeness (QED) is 0.439. The van der Waals surface area contributed by atoms with Gasteiger partial charge in [0.05, 0.1) is 18.7 Å². The second-order valence-corrected chi connectivity index (χ2v) is 6.95. The van der Waals surface area contributed by atoms with Gasteiger partial charge >= 0.3 is 0 Å². The first kappa shape index (κ1) is 20.2. The van der Waals surface area contributed by atoms with Crippen molar-refractivity contribution >= 4 is 34.4 Å². The molecular weight excluding hydrogens is 443 g/mol. The van der Waals surface area contributed by atoms with E-state index >= 15 is 0 Å². The summed E-state index contributed by atoms with van der Waals surface area (Å²) in [4.78, 5) is 24.1. The highest BCUT2D eigenvalue weighted by Crippen LogP contribution is 2.14. The molecule has 0 radical (unpaired) electrons. The Morgan fingerprint density at radius 3 is 2.65 bits per heavy atom. The number of rotatable bonds is 9. The number of carbonyl (C=O) groups excluding carboxylic acids is 2. The minimum atomic E-state index is -0.253. The molecule has 0 spiro atoms. The minimum absolute atomic E-state index is 0.0590. The molecule has 0 aliphatic heterocycles. The number of carbonyl (C=O) groups is 2. The van der Waals surface area contributed by atoms with Crippen molar-refractivity contribution in [2.45, 2.75) is 26.3 Å². The lowest BCUT2D eigenvalue weighted by atomic mass is 10.2. The van der Waals surface area contributed by atoms with Crippen LogP contribution >= 0.6 is 22.6 Å². The van der Waals surface area contributed by atoms with Crippen molar-refractivity contribution in [3.8, 4) is 5.75 Å². The van der Waals surface area contributed by atoms with Crippen molar-refractivity contribution in [1.82, 2.24) is 10.6 Å². The van der Waals surface area contributed by atoms with Crippen LogP contribution in [-0.4, -0.2) is 25.0 Å². The molecule has 26 heavy (non-hydrogen) atoms. The zero-order chi connectivity index (χ0) is 18.8. The highest BCUT2D eigenvalue weighted by atomic mass is 127. The number of nitrogens with one attached hydrogen (secondary N) is 2. The van der Waals surface area contributed by atoms with E-state index in [-0.39, 0.29) is 18.4 Å². The predicted octanol–water partition coefficient (Wildman–Crippen LogP) is 3.52. The molecule has 2 rings (SSSR count). The fourth-order valence-corrected chi connectivity index (χ4v) is 2.88. The van der Waals surface area contributed by atoms with Gasteiger partial charge in [0.2, 0.25) is 5.91 Å². The number of hydrogen-bond acceptors (Lipinski definition) is 3. The zero-order valence-corrected chi connectivity index (χ0v) is 16.9. The normalized spacial score (nSPS) is 10.2. The van der Waals surface area contributed by atoms with Gasteiger partial charge in [0.25, 0.3) is 5.91 Å². The van der Waals surface area contributed by atoms with Gasteiger partial charge in [0, 0.05) is 10.1 Å². The lowest BCUT2D eigenvalue weighted by molar-refractivity contribution is -0.120.